The van der Waals surface area contributed by atoms with E-state index in [-0.39, 0.29) is 6.61 Å². The normalized spacial score (nSPS) is 12.5. The quantitative estimate of drug-likeness (QED) is 0.351. The lowest BCUT2D eigenvalue weighted by Gasteiger charge is -2.20. The third-order valence-corrected chi connectivity index (χ3v) is 5.18. The second kappa shape index (κ2) is 9.35. The minimum Gasteiger partial charge on any atom is -0.611 e. The number of benzene rings is 2. The molecule has 2 aromatic carbocycles. The van der Waals surface area contributed by atoms with Gasteiger partial charge in [0.15, 0.2) is 4.90 Å². The van der Waals surface area contributed by atoms with Gasteiger partial charge in [0, 0.05) is 21.8 Å². The number of hydrogen-bond donors (Lipinski definition) is 2. The predicted octanol–water partition coefficient (Wildman–Crippen LogP) is 3.10. The van der Waals surface area contributed by atoms with Crippen molar-refractivity contribution in [3.05, 3.63) is 59.1 Å². The lowest BCUT2D eigenvalue weighted by atomic mass is 10.1. The summed E-state index contributed by atoms with van der Waals surface area (Å²) in [5.74, 6) is 5.32. The third-order valence-electron chi connectivity index (χ3n) is 3.28. The van der Waals surface area contributed by atoms with Crippen molar-refractivity contribution in [1.29, 1.82) is 0 Å². The topological polar surface area (TPSA) is 81.6 Å². The molecule has 2 unspecified atom stereocenters. The summed E-state index contributed by atoms with van der Waals surface area (Å²) in [5.41, 5.74) is 2.05. The van der Waals surface area contributed by atoms with E-state index in [4.69, 9.17) is 21.5 Å². The molecule has 0 radical (unpaired) electrons. The molecule has 2 atom stereocenters. The van der Waals surface area contributed by atoms with Gasteiger partial charge in [-0.1, -0.05) is 29.7 Å². The first-order chi connectivity index (χ1) is 12.1. The molecule has 7 heteroatoms. The summed E-state index contributed by atoms with van der Waals surface area (Å²) in [6.07, 6.45) is 0. The number of hydrogen-bond acceptors (Lipinski definition) is 4. The summed E-state index contributed by atoms with van der Waals surface area (Å²) < 4.78 is 18.2. The van der Waals surface area contributed by atoms with Crippen LogP contribution >= 0.6 is 11.6 Å². The first kappa shape index (κ1) is 19.2. The van der Waals surface area contributed by atoms with E-state index in [1.165, 1.54) is 0 Å². The fraction of sp³-hybridized carbons (Fsp3) is 0.167. The molecule has 2 N–H and O–H groups in total. The number of ether oxygens (including phenoxy) is 1. The number of amides is 1. The summed E-state index contributed by atoms with van der Waals surface area (Å²) >= 11 is 4.12. The molecule has 5 nitrogen and oxygen atoms in total. The van der Waals surface area contributed by atoms with E-state index in [0.29, 0.717) is 21.2 Å². The zero-order valence-electron chi connectivity index (χ0n) is 13.4. The smallest absolute Gasteiger partial charge is 0.301 e. The SMILES string of the molecule is CC#CCOc1ccc([S+]([O-])C(C(=O)NO)c2ccc(Cl)cc2)cc1. The highest BCUT2D eigenvalue weighted by atomic mass is 35.5. The lowest BCUT2D eigenvalue weighted by molar-refractivity contribution is -0.128. The van der Waals surface area contributed by atoms with Crippen LogP contribution in [-0.2, 0) is 16.0 Å². The maximum absolute atomic E-state index is 12.8. The minimum atomic E-state index is -1.72. The number of rotatable bonds is 6. The molecular formula is C18H16ClNO4S. The van der Waals surface area contributed by atoms with Crippen LogP contribution in [0, 0.1) is 11.8 Å². The van der Waals surface area contributed by atoms with Crippen molar-refractivity contribution < 1.29 is 19.3 Å². The third kappa shape index (κ3) is 5.15. The van der Waals surface area contributed by atoms with Crippen molar-refractivity contribution in [2.45, 2.75) is 17.1 Å². The standard InChI is InChI=1S/C18H16ClNO4S/c1-2-3-12-24-15-8-10-16(11-9-15)25(23)17(18(21)20-22)13-4-6-14(19)7-5-13/h4-11,17,22H,12H2,1H3,(H,20,21). The van der Waals surface area contributed by atoms with Crippen molar-refractivity contribution in [2.24, 2.45) is 0 Å². The Bertz CT molecular complexity index is 768. The zero-order valence-corrected chi connectivity index (χ0v) is 14.9. The van der Waals surface area contributed by atoms with Crippen LogP contribution in [0.2, 0.25) is 5.02 Å². The van der Waals surface area contributed by atoms with Gasteiger partial charge in [-0.25, -0.2) is 5.48 Å². The number of hydroxylamine groups is 1. The van der Waals surface area contributed by atoms with Crippen molar-refractivity contribution in [3.8, 4) is 17.6 Å². The maximum atomic E-state index is 12.8. The fourth-order valence-corrected chi connectivity index (χ4v) is 3.52. The summed E-state index contributed by atoms with van der Waals surface area (Å²) in [6, 6.07) is 12.9. The Hall–Kier alpha value is -2.17. The zero-order chi connectivity index (χ0) is 18.2. The van der Waals surface area contributed by atoms with E-state index in [2.05, 4.69) is 11.8 Å². The molecule has 0 saturated carbocycles. The summed E-state index contributed by atoms with van der Waals surface area (Å²) in [4.78, 5) is 12.5. The largest absolute Gasteiger partial charge is 0.611 e. The van der Waals surface area contributed by atoms with Gasteiger partial charge < -0.3 is 9.29 Å². The number of nitrogens with one attached hydrogen (secondary N) is 1. The van der Waals surface area contributed by atoms with Gasteiger partial charge in [-0.15, -0.1) is 5.92 Å². The Kier molecular flexibility index (Phi) is 7.16. The monoisotopic (exact) mass is 377 g/mol. The first-order valence-electron chi connectivity index (χ1n) is 7.29. The van der Waals surface area contributed by atoms with Gasteiger partial charge in [0.05, 0.1) is 0 Å². The molecule has 0 aromatic heterocycles. The molecule has 2 aromatic rings. The molecule has 130 valence electrons. The van der Waals surface area contributed by atoms with Crippen molar-refractivity contribution >= 4 is 28.7 Å². The van der Waals surface area contributed by atoms with E-state index in [1.54, 1.807) is 60.9 Å². The van der Waals surface area contributed by atoms with Crippen LogP contribution in [0.3, 0.4) is 0 Å². The molecule has 0 aliphatic heterocycles. The van der Waals surface area contributed by atoms with E-state index >= 15 is 0 Å². The highest BCUT2D eigenvalue weighted by molar-refractivity contribution is 7.92. The van der Waals surface area contributed by atoms with E-state index < -0.39 is 22.3 Å². The van der Waals surface area contributed by atoms with Gasteiger partial charge in [-0.2, -0.15) is 0 Å². The molecular weight excluding hydrogens is 362 g/mol. The molecule has 0 spiro atoms. The Morgan fingerprint density at radius 2 is 1.92 bits per heavy atom. The van der Waals surface area contributed by atoms with Crippen LogP contribution < -0.4 is 10.2 Å². The molecule has 0 bridgehead atoms. The van der Waals surface area contributed by atoms with Gasteiger partial charge in [0.2, 0.25) is 5.25 Å². The molecule has 0 heterocycles. The summed E-state index contributed by atoms with van der Waals surface area (Å²) in [6.45, 7) is 1.98. The maximum Gasteiger partial charge on any atom is 0.301 e. The van der Waals surface area contributed by atoms with Crippen LogP contribution in [-0.4, -0.2) is 22.3 Å². The van der Waals surface area contributed by atoms with E-state index in [0.717, 1.165) is 0 Å². The van der Waals surface area contributed by atoms with Crippen LogP contribution in [0.5, 0.6) is 5.75 Å². The molecule has 2 rings (SSSR count). The Morgan fingerprint density at radius 3 is 2.48 bits per heavy atom. The van der Waals surface area contributed by atoms with Gasteiger partial charge in [0.1, 0.15) is 12.4 Å². The molecule has 1 amide bonds. The van der Waals surface area contributed by atoms with Crippen LogP contribution in [0.25, 0.3) is 0 Å². The number of halogens is 1. The predicted molar refractivity (Wildman–Crippen MR) is 95.9 cm³/mol. The van der Waals surface area contributed by atoms with Gasteiger partial charge >= 0.3 is 5.91 Å². The molecule has 0 aliphatic rings. The first-order valence-corrected chi connectivity index (χ1v) is 8.88. The molecule has 0 aliphatic carbocycles. The second-order valence-electron chi connectivity index (χ2n) is 4.89. The Morgan fingerprint density at radius 1 is 1.28 bits per heavy atom. The van der Waals surface area contributed by atoms with E-state index in [9.17, 15) is 9.35 Å². The molecule has 0 fully saturated rings. The number of carbonyl (C=O) groups excluding carboxylic acids is 1. The highest BCUT2D eigenvalue weighted by Gasteiger charge is 2.34. The highest BCUT2D eigenvalue weighted by Crippen LogP contribution is 2.31. The second-order valence-corrected chi connectivity index (χ2v) is 6.87. The average molecular weight is 378 g/mol. The minimum absolute atomic E-state index is 0.263. The fourth-order valence-electron chi connectivity index (χ4n) is 2.07. The van der Waals surface area contributed by atoms with Crippen LogP contribution in [0.4, 0.5) is 0 Å². The summed E-state index contributed by atoms with van der Waals surface area (Å²) in [5, 5.41) is 8.41. The average Bonchev–Trinajstić information content (AvgIpc) is 2.64. The van der Waals surface area contributed by atoms with E-state index in [1.807, 2.05) is 0 Å². The van der Waals surface area contributed by atoms with Crippen molar-refractivity contribution in [3.63, 3.8) is 0 Å². The Labute approximate surface area is 154 Å². The van der Waals surface area contributed by atoms with Crippen molar-refractivity contribution in [1.82, 2.24) is 5.48 Å². The van der Waals surface area contributed by atoms with Gasteiger partial charge in [0.25, 0.3) is 0 Å². The summed E-state index contributed by atoms with van der Waals surface area (Å²) in [7, 11) is 0. The Balaban J connectivity index is 2.23. The van der Waals surface area contributed by atoms with Gasteiger partial charge in [-0.05, 0) is 43.3 Å². The van der Waals surface area contributed by atoms with Crippen molar-refractivity contribution in [2.75, 3.05) is 6.61 Å². The van der Waals surface area contributed by atoms with Crippen LogP contribution in [0.1, 0.15) is 17.7 Å². The lowest BCUT2D eigenvalue weighted by Crippen LogP contribution is -2.31. The van der Waals surface area contributed by atoms with Crippen LogP contribution in [0.15, 0.2) is 53.4 Å². The molecule has 0 saturated heterocycles. The number of carbonyl (C=O) groups is 1. The van der Waals surface area contributed by atoms with Gasteiger partial charge in [-0.3, -0.25) is 10.0 Å². The molecule has 25 heavy (non-hydrogen) atoms.